The molecule has 0 atom stereocenters. The lowest BCUT2D eigenvalue weighted by Crippen LogP contribution is -2.59. The van der Waals surface area contributed by atoms with E-state index >= 15 is 0 Å². The first-order chi connectivity index (χ1) is 42.6. The Labute approximate surface area is 514 Å². The van der Waals surface area contributed by atoms with Crippen molar-refractivity contribution in [1.82, 2.24) is 26.6 Å². The molecule has 0 radical (unpaired) electrons. The summed E-state index contributed by atoms with van der Waals surface area (Å²) in [7, 11) is 0. The van der Waals surface area contributed by atoms with Crippen LogP contribution in [0.25, 0.3) is 0 Å². The summed E-state index contributed by atoms with van der Waals surface area (Å²) in [6, 6.07) is 0. The molecule has 0 spiro atoms. The van der Waals surface area contributed by atoms with Crippen LogP contribution < -0.4 is 26.6 Å². The highest BCUT2D eigenvalue weighted by Crippen LogP contribution is 2.13. The maximum atomic E-state index is 13.6. The lowest BCUT2D eigenvalue weighted by molar-refractivity contribution is -0.140. The van der Waals surface area contributed by atoms with Crippen molar-refractivity contribution in [1.29, 1.82) is 0 Å². The number of aliphatic carboxylic acids is 3. The fourth-order valence-corrected chi connectivity index (χ4v) is 6.74. The van der Waals surface area contributed by atoms with Gasteiger partial charge in [-0.25, -0.2) is 0 Å². The fraction of sp³-hybridized carbons (Fsp3) is 0.754. The highest BCUT2D eigenvalue weighted by Gasteiger charge is 2.35. The number of carbonyl (C=O) groups is 8. The van der Waals surface area contributed by atoms with Gasteiger partial charge in [-0.05, 0) is 0 Å². The molecule has 0 heterocycles. The molecule has 0 aliphatic rings. The Morgan fingerprint density at radius 2 is 0.477 bits per heavy atom. The van der Waals surface area contributed by atoms with Crippen molar-refractivity contribution in [2.75, 3.05) is 218 Å². The van der Waals surface area contributed by atoms with E-state index in [1.807, 2.05) is 0 Å². The number of hydrogen-bond donors (Lipinski definition) is 8. The van der Waals surface area contributed by atoms with Gasteiger partial charge < -0.3 is 113 Å². The Kier molecular flexibility index (Phi) is 54.4. The largest absolute Gasteiger partial charge is 0.481 e. The summed E-state index contributed by atoms with van der Waals surface area (Å²) < 4.78 is 82.9. The molecule has 0 bridgehead atoms. The third-order valence-electron chi connectivity index (χ3n) is 10.9. The smallest absolute Gasteiger partial charge is 0.305 e. The van der Waals surface area contributed by atoms with Crippen LogP contribution in [0, 0.1) is 37.0 Å². The second-order valence-electron chi connectivity index (χ2n) is 18.6. The molecule has 0 aliphatic heterocycles. The molecule has 31 nitrogen and oxygen atoms in total. The minimum absolute atomic E-state index is 0.0494. The van der Waals surface area contributed by atoms with Gasteiger partial charge in [0.25, 0.3) is 0 Å². The van der Waals surface area contributed by atoms with E-state index in [1.165, 1.54) is 0 Å². The van der Waals surface area contributed by atoms with Crippen molar-refractivity contribution >= 4 is 47.4 Å². The third kappa shape index (κ3) is 54.0. The lowest BCUT2D eigenvalue weighted by Gasteiger charge is -2.34. The zero-order chi connectivity index (χ0) is 64.9. The molecule has 0 unspecified atom stereocenters. The van der Waals surface area contributed by atoms with E-state index in [0.717, 1.165) is 0 Å². The summed E-state index contributed by atoms with van der Waals surface area (Å²) in [6.07, 6.45) is 14.0. The van der Waals surface area contributed by atoms with Gasteiger partial charge in [0.15, 0.2) is 0 Å². The quantitative estimate of drug-likeness (QED) is 0.0232. The van der Waals surface area contributed by atoms with Crippen LogP contribution >= 0.6 is 0 Å². The van der Waals surface area contributed by atoms with Crippen molar-refractivity contribution in [3.63, 3.8) is 0 Å². The second kappa shape index (κ2) is 58.5. The van der Waals surface area contributed by atoms with Crippen molar-refractivity contribution in [3.05, 3.63) is 0 Å². The molecule has 31 heteroatoms. The molecular weight excluding hydrogens is 1170 g/mol. The second-order valence-corrected chi connectivity index (χ2v) is 18.6. The SMILES string of the molecule is C#CCOCCOCCNC(=O)CCOCC(COCCC(=O)NCCOCCOCC#C)(COCCC(=O)NCCOCCOCC#C)NC(=O)CCOCCOCCOCCC(=O)NC(COCCC(=O)O)(COCCC(=O)O)COCCC(=O)O. The summed E-state index contributed by atoms with van der Waals surface area (Å²) >= 11 is 0. The van der Waals surface area contributed by atoms with Crippen molar-refractivity contribution in [3.8, 4) is 37.0 Å². The van der Waals surface area contributed by atoms with Gasteiger partial charge in [-0.15, -0.1) is 19.3 Å². The van der Waals surface area contributed by atoms with E-state index in [2.05, 4.69) is 44.3 Å². The van der Waals surface area contributed by atoms with E-state index in [1.54, 1.807) is 0 Å². The van der Waals surface area contributed by atoms with Gasteiger partial charge in [0.05, 0.1) is 198 Å². The first-order valence-electron chi connectivity index (χ1n) is 28.7. The van der Waals surface area contributed by atoms with Crippen molar-refractivity contribution in [2.45, 2.75) is 62.4 Å². The Balaban J connectivity index is 5.62. The van der Waals surface area contributed by atoms with E-state index in [-0.39, 0.29) is 247 Å². The predicted octanol–water partition coefficient (Wildman–Crippen LogP) is -2.43. The summed E-state index contributed by atoms with van der Waals surface area (Å²) in [5, 5.41) is 40.9. The molecule has 88 heavy (non-hydrogen) atoms. The highest BCUT2D eigenvalue weighted by atomic mass is 16.6. The predicted molar refractivity (Wildman–Crippen MR) is 309 cm³/mol. The molecule has 0 aromatic carbocycles. The highest BCUT2D eigenvalue weighted by molar-refractivity contribution is 5.78. The van der Waals surface area contributed by atoms with E-state index in [4.69, 9.17) is 106 Å². The molecule has 5 amide bonds. The minimum atomic E-state index is -1.44. The molecule has 502 valence electrons. The van der Waals surface area contributed by atoms with Gasteiger partial charge in [-0.1, -0.05) is 17.8 Å². The number of amides is 5. The monoisotopic (exact) mass is 1260 g/mol. The zero-order valence-corrected chi connectivity index (χ0v) is 50.5. The molecule has 0 aliphatic carbocycles. The molecular formula is C57H93N5O26. The van der Waals surface area contributed by atoms with Crippen LogP contribution in [0.15, 0.2) is 0 Å². The number of carboxylic acids is 3. The maximum Gasteiger partial charge on any atom is 0.305 e. The van der Waals surface area contributed by atoms with E-state index < -0.39 is 40.8 Å². The summed E-state index contributed by atoms with van der Waals surface area (Å²) in [4.78, 5) is 97.8. The Morgan fingerprint density at radius 3 is 0.727 bits per heavy atom. The molecule has 8 N–H and O–H groups in total. The number of nitrogens with one attached hydrogen (secondary N) is 5. The number of terminal acetylenes is 3. The third-order valence-corrected chi connectivity index (χ3v) is 10.9. The normalized spacial score (nSPS) is 11.2. The first kappa shape index (κ1) is 81.8. The number of ether oxygens (including phenoxy) is 15. The Bertz CT molecular complexity index is 1840. The van der Waals surface area contributed by atoms with Crippen LogP contribution in [0.2, 0.25) is 0 Å². The lowest BCUT2D eigenvalue weighted by atomic mass is 10.0. The summed E-state index contributed by atoms with van der Waals surface area (Å²) in [6.45, 7) is 1.40. The molecule has 0 aromatic rings. The van der Waals surface area contributed by atoms with Crippen LogP contribution in [0.1, 0.15) is 51.4 Å². The van der Waals surface area contributed by atoms with Crippen LogP contribution in [0.3, 0.4) is 0 Å². The summed E-state index contributed by atoms with van der Waals surface area (Å²) in [5.74, 6) is 1.65. The van der Waals surface area contributed by atoms with E-state index in [0.29, 0.717) is 39.6 Å². The van der Waals surface area contributed by atoms with Crippen LogP contribution in [-0.2, 0) is 109 Å². The van der Waals surface area contributed by atoms with Crippen molar-refractivity contribution in [2.24, 2.45) is 0 Å². The average molecular weight is 1260 g/mol. The van der Waals surface area contributed by atoms with Crippen LogP contribution in [0.5, 0.6) is 0 Å². The van der Waals surface area contributed by atoms with Gasteiger partial charge >= 0.3 is 17.9 Å². The van der Waals surface area contributed by atoms with Gasteiger partial charge in [0.1, 0.15) is 30.9 Å². The first-order valence-corrected chi connectivity index (χ1v) is 28.7. The fourth-order valence-electron chi connectivity index (χ4n) is 6.74. The minimum Gasteiger partial charge on any atom is -0.481 e. The van der Waals surface area contributed by atoms with Gasteiger partial charge in [0, 0.05) is 51.7 Å². The molecule has 0 rings (SSSR count). The van der Waals surface area contributed by atoms with Gasteiger partial charge in [0.2, 0.25) is 29.5 Å². The number of carbonyl (C=O) groups excluding carboxylic acids is 5. The van der Waals surface area contributed by atoms with Crippen LogP contribution in [0.4, 0.5) is 0 Å². The Hall–Kier alpha value is -6.16. The topological polar surface area (TPSA) is 396 Å². The standard InChI is InChI=1S/C57H93N5O26/c1-4-18-74-32-37-79-29-15-58-48(63)7-23-83-42-56(43-84-24-8-49(64)59-16-30-80-38-33-75-19-5-2,44-85-25-9-50(65)60-17-31-81-39-34-76-20-6-3)61-51(66)10-21-77-35-40-82-41-36-78-22-11-52(67)62-57(45-86-26-12-53(68)69,46-87-27-13-54(70)71)47-88-28-14-55(72)73/h1-3H,7-47H2,(H,58,63)(H,59,64)(H,60,65)(H,61,66)(H,62,67)(H,68,69)(H,70,71)(H,72,73). The summed E-state index contributed by atoms with van der Waals surface area (Å²) in [5.41, 5.74) is -2.84. The maximum absolute atomic E-state index is 13.6. The molecule has 0 aromatic heterocycles. The van der Waals surface area contributed by atoms with Gasteiger partial charge in [-0.3, -0.25) is 38.4 Å². The molecule has 0 saturated carbocycles. The molecule has 0 fully saturated rings. The number of rotatable bonds is 65. The number of hydrogen-bond acceptors (Lipinski definition) is 23. The Morgan fingerprint density at radius 1 is 0.273 bits per heavy atom. The number of carboxylic acid groups (broad SMARTS) is 3. The average Bonchev–Trinajstić information content (AvgIpc) is 3.70. The van der Waals surface area contributed by atoms with Crippen molar-refractivity contribution < 1.29 is 125 Å². The van der Waals surface area contributed by atoms with Gasteiger partial charge in [-0.2, -0.15) is 0 Å². The zero-order valence-electron chi connectivity index (χ0n) is 50.5. The molecule has 0 saturated heterocycles. The van der Waals surface area contributed by atoms with Crippen LogP contribution in [-0.4, -0.2) is 292 Å². The van der Waals surface area contributed by atoms with E-state index in [9.17, 15) is 38.4 Å².